The minimum absolute atomic E-state index is 0.0652. The van der Waals surface area contributed by atoms with Crippen LogP contribution >= 0.6 is 0 Å². The Morgan fingerprint density at radius 2 is 1.65 bits per heavy atom. The quantitative estimate of drug-likeness (QED) is 0.771. The Hall–Kier alpha value is -3.35. The van der Waals surface area contributed by atoms with E-state index >= 15 is 0 Å². The Bertz CT molecular complexity index is 987. The second-order valence-electron chi connectivity index (χ2n) is 8.75. The number of aliphatic carboxylic acids is 1. The highest BCUT2D eigenvalue weighted by atomic mass is 16.5. The van der Waals surface area contributed by atoms with Crippen molar-refractivity contribution in [3.63, 3.8) is 0 Å². The van der Waals surface area contributed by atoms with Crippen LogP contribution in [-0.4, -0.2) is 53.7 Å². The van der Waals surface area contributed by atoms with Gasteiger partial charge in [0.25, 0.3) is 0 Å². The van der Waals surface area contributed by atoms with E-state index in [0.29, 0.717) is 13.0 Å². The number of hydrogen-bond acceptors (Lipinski definition) is 4. The van der Waals surface area contributed by atoms with Crippen LogP contribution < -0.4 is 5.32 Å². The number of carboxylic acids is 1. The highest BCUT2D eigenvalue weighted by Gasteiger charge is 2.47. The summed E-state index contributed by atoms with van der Waals surface area (Å²) in [5.41, 5.74) is 3.98. The number of carbonyl (C=O) groups excluding carboxylic acids is 2. The van der Waals surface area contributed by atoms with E-state index in [9.17, 15) is 19.5 Å². The third-order valence-electron chi connectivity index (χ3n) is 6.33. The van der Waals surface area contributed by atoms with Crippen molar-refractivity contribution in [3.05, 3.63) is 59.7 Å². The van der Waals surface area contributed by atoms with Crippen molar-refractivity contribution in [1.29, 1.82) is 0 Å². The zero-order valence-electron chi connectivity index (χ0n) is 17.6. The summed E-state index contributed by atoms with van der Waals surface area (Å²) >= 11 is 0. The number of amides is 2. The first-order valence-corrected chi connectivity index (χ1v) is 10.4. The van der Waals surface area contributed by atoms with Gasteiger partial charge < -0.3 is 20.1 Å². The van der Waals surface area contributed by atoms with E-state index in [1.165, 1.54) is 4.90 Å². The fourth-order valence-electron chi connectivity index (χ4n) is 4.73. The maximum atomic E-state index is 12.5. The number of ether oxygens (including phenoxy) is 1. The van der Waals surface area contributed by atoms with Crippen LogP contribution in [0.4, 0.5) is 4.79 Å². The predicted octanol–water partition coefficient (Wildman–Crippen LogP) is 3.24. The summed E-state index contributed by atoms with van der Waals surface area (Å²) in [6.07, 6.45) is -0.0961. The number of hydrogen-bond donors (Lipinski definition) is 2. The highest BCUT2D eigenvalue weighted by Crippen LogP contribution is 2.44. The van der Waals surface area contributed by atoms with Crippen molar-refractivity contribution in [1.82, 2.24) is 10.2 Å². The summed E-state index contributed by atoms with van der Waals surface area (Å²) in [4.78, 5) is 37.7. The summed E-state index contributed by atoms with van der Waals surface area (Å²) in [5.74, 6) is -1.52. The van der Waals surface area contributed by atoms with Crippen LogP contribution in [0.5, 0.6) is 0 Å². The van der Waals surface area contributed by atoms with Crippen molar-refractivity contribution in [2.24, 2.45) is 5.41 Å². The topological polar surface area (TPSA) is 95.9 Å². The second-order valence-corrected chi connectivity index (χ2v) is 8.75. The smallest absolute Gasteiger partial charge is 0.407 e. The average Bonchev–Trinajstić information content (AvgIpc) is 3.24. The number of alkyl carbamates (subject to hydrolysis) is 1. The second kappa shape index (κ2) is 8.06. The summed E-state index contributed by atoms with van der Waals surface area (Å²) < 4.78 is 5.43. The maximum Gasteiger partial charge on any atom is 0.407 e. The molecule has 162 valence electrons. The molecular weight excluding hydrogens is 396 g/mol. The monoisotopic (exact) mass is 422 g/mol. The SMILES string of the molecule is CC1(C)CCN(C(=O)CNC(=O)OCC2c3ccccc3-c3ccccc32)C1C(=O)O. The minimum atomic E-state index is -1.03. The molecule has 0 aromatic heterocycles. The van der Waals surface area contributed by atoms with Gasteiger partial charge in [0.15, 0.2) is 0 Å². The zero-order valence-corrected chi connectivity index (χ0v) is 17.6. The molecule has 7 heteroatoms. The summed E-state index contributed by atoms with van der Waals surface area (Å²) in [5, 5.41) is 12.0. The fourth-order valence-corrected chi connectivity index (χ4v) is 4.73. The van der Waals surface area contributed by atoms with Gasteiger partial charge in [-0.15, -0.1) is 0 Å². The van der Waals surface area contributed by atoms with Crippen LogP contribution in [0.2, 0.25) is 0 Å². The lowest BCUT2D eigenvalue weighted by Gasteiger charge is -2.29. The van der Waals surface area contributed by atoms with Crippen molar-refractivity contribution >= 4 is 18.0 Å². The number of carbonyl (C=O) groups is 3. The van der Waals surface area contributed by atoms with E-state index in [0.717, 1.165) is 22.3 Å². The first-order chi connectivity index (χ1) is 14.8. The summed E-state index contributed by atoms with van der Waals surface area (Å²) in [7, 11) is 0. The molecule has 0 radical (unpaired) electrons. The van der Waals surface area contributed by atoms with Gasteiger partial charge in [-0.25, -0.2) is 9.59 Å². The first kappa shape index (κ1) is 20.9. The van der Waals surface area contributed by atoms with Crippen LogP contribution in [-0.2, 0) is 14.3 Å². The fraction of sp³-hybridized carbons (Fsp3) is 0.375. The van der Waals surface area contributed by atoms with E-state index < -0.39 is 29.4 Å². The van der Waals surface area contributed by atoms with Crippen LogP contribution in [0.15, 0.2) is 48.5 Å². The summed E-state index contributed by atoms with van der Waals surface area (Å²) in [6, 6.07) is 15.2. The number of nitrogens with zero attached hydrogens (tertiary/aromatic N) is 1. The predicted molar refractivity (Wildman–Crippen MR) is 115 cm³/mol. The van der Waals surface area contributed by atoms with Crippen LogP contribution in [0.25, 0.3) is 11.1 Å². The standard InChI is InChI=1S/C24H26N2O5/c1-24(2)11-12-26(21(24)22(28)29)20(27)13-25-23(30)31-14-19-17-9-5-3-7-15(17)16-8-4-6-10-18(16)19/h3-10,19,21H,11-14H2,1-2H3,(H,25,30)(H,28,29). The zero-order chi connectivity index (χ0) is 22.2. The van der Waals surface area contributed by atoms with Gasteiger partial charge in [0.1, 0.15) is 19.2 Å². The minimum Gasteiger partial charge on any atom is -0.480 e. The molecule has 0 spiro atoms. The molecule has 1 fully saturated rings. The molecule has 31 heavy (non-hydrogen) atoms. The first-order valence-electron chi connectivity index (χ1n) is 10.4. The van der Waals surface area contributed by atoms with Crippen molar-refractivity contribution in [3.8, 4) is 11.1 Å². The van der Waals surface area contributed by atoms with Gasteiger partial charge in [-0.05, 0) is 34.1 Å². The molecule has 0 saturated carbocycles. The number of fused-ring (bicyclic) bond motifs is 3. The molecule has 2 aliphatic rings. The maximum absolute atomic E-state index is 12.5. The Kier molecular flexibility index (Phi) is 5.43. The number of benzene rings is 2. The van der Waals surface area contributed by atoms with Crippen molar-refractivity contribution in [2.45, 2.75) is 32.2 Å². The van der Waals surface area contributed by atoms with E-state index in [2.05, 4.69) is 17.4 Å². The molecule has 1 saturated heterocycles. The number of rotatable bonds is 5. The molecule has 1 heterocycles. The number of nitrogens with one attached hydrogen (secondary N) is 1. The molecule has 2 aromatic rings. The van der Waals surface area contributed by atoms with Gasteiger partial charge in [0.05, 0.1) is 0 Å². The van der Waals surface area contributed by atoms with E-state index in [1.54, 1.807) is 0 Å². The van der Waals surface area contributed by atoms with E-state index in [-0.39, 0.29) is 19.1 Å². The Balaban J connectivity index is 1.35. The Labute approximate surface area is 181 Å². The molecule has 0 bridgehead atoms. The largest absolute Gasteiger partial charge is 0.480 e. The lowest BCUT2D eigenvalue weighted by atomic mass is 9.85. The van der Waals surface area contributed by atoms with Crippen molar-refractivity contribution < 1.29 is 24.2 Å². The van der Waals surface area contributed by atoms with E-state index in [4.69, 9.17) is 4.74 Å². The molecule has 2 aromatic carbocycles. The van der Waals surface area contributed by atoms with Crippen LogP contribution in [0.3, 0.4) is 0 Å². The molecule has 1 unspecified atom stereocenters. The molecular formula is C24H26N2O5. The van der Waals surface area contributed by atoms with Gasteiger partial charge in [-0.2, -0.15) is 0 Å². The third kappa shape index (κ3) is 3.87. The van der Waals surface area contributed by atoms with Gasteiger partial charge in [0.2, 0.25) is 5.91 Å². The Morgan fingerprint density at radius 3 is 2.23 bits per heavy atom. The molecule has 2 amide bonds. The molecule has 7 nitrogen and oxygen atoms in total. The third-order valence-corrected chi connectivity index (χ3v) is 6.33. The lowest BCUT2D eigenvalue weighted by molar-refractivity contribution is -0.150. The van der Waals surface area contributed by atoms with Gasteiger partial charge in [-0.3, -0.25) is 4.79 Å². The number of carboxylic acid groups (broad SMARTS) is 1. The lowest BCUT2D eigenvalue weighted by Crippen LogP contribution is -2.49. The number of likely N-dealkylation sites (tertiary alicyclic amines) is 1. The molecule has 1 aliphatic carbocycles. The Morgan fingerprint density at radius 1 is 1.06 bits per heavy atom. The van der Waals surface area contributed by atoms with Gasteiger partial charge in [0, 0.05) is 12.5 Å². The van der Waals surface area contributed by atoms with Crippen LogP contribution in [0, 0.1) is 5.41 Å². The van der Waals surface area contributed by atoms with Crippen LogP contribution in [0.1, 0.15) is 37.3 Å². The highest BCUT2D eigenvalue weighted by molar-refractivity contribution is 5.88. The molecule has 4 rings (SSSR count). The van der Waals surface area contributed by atoms with Gasteiger partial charge >= 0.3 is 12.1 Å². The average molecular weight is 422 g/mol. The molecule has 1 atom stereocenters. The van der Waals surface area contributed by atoms with Crippen molar-refractivity contribution in [2.75, 3.05) is 19.7 Å². The molecule has 1 aliphatic heterocycles. The van der Waals surface area contributed by atoms with Gasteiger partial charge in [-0.1, -0.05) is 62.4 Å². The van der Waals surface area contributed by atoms with E-state index in [1.807, 2.05) is 50.2 Å². The molecule has 2 N–H and O–H groups in total. The summed E-state index contributed by atoms with van der Waals surface area (Å²) in [6.45, 7) is 3.88. The normalized spacial score (nSPS) is 18.9.